The third-order valence-corrected chi connectivity index (χ3v) is 6.73. The van der Waals surface area contributed by atoms with Crippen LogP contribution in [0.1, 0.15) is 54.8 Å². The average Bonchev–Trinajstić information content (AvgIpc) is 3.31. The summed E-state index contributed by atoms with van der Waals surface area (Å²) < 4.78 is 5.47. The number of nitrogens with one attached hydrogen (secondary N) is 1. The van der Waals surface area contributed by atoms with Gasteiger partial charge in [0.05, 0.1) is 30.3 Å². The number of thiophene rings is 1. The number of rotatable bonds is 6. The van der Waals surface area contributed by atoms with Crippen LogP contribution in [0.15, 0.2) is 27.6 Å². The monoisotopic (exact) mass is 396 g/mol. The summed E-state index contributed by atoms with van der Waals surface area (Å²) in [7, 11) is 0. The summed E-state index contributed by atoms with van der Waals surface area (Å²) in [6.45, 7) is 5.43. The van der Waals surface area contributed by atoms with E-state index >= 15 is 0 Å². The maximum absolute atomic E-state index is 12.9. The predicted octanol–water partition coefficient (Wildman–Crippen LogP) is 4.18. The van der Waals surface area contributed by atoms with Crippen molar-refractivity contribution < 1.29 is 4.42 Å². The third-order valence-electron chi connectivity index (χ3n) is 5.58. The van der Waals surface area contributed by atoms with Crippen molar-refractivity contribution in [2.75, 3.05) is 6.54 Å². The van der Waals surface area contributed by atoms with Gasteiger partial charge in [0.15, 0.2) is 0 Å². The molecule has 0 saturated heterocycles. The summed E-state index contributed by atoms with van der Waals surface area (Å²) in [5.74, 6) is 2.13. The molecule has 3 aromatic heterocycles. The van der Waals surface area contributed by atoms with Crippen molar-refractivity contribution >= 4 is 21.6 Å². The van der Waals surface area contributed by atoms with E-state index < -0.39 is 0 Å². The third kappa shape index (κ3) is 3.62. The normalized spacial score (nSPS) is 17.6. The zero-order valence-corrected chi connectivity index (χ0v) is 17.0. The van der Waals surface area contributed by atoms with Gasteiger partial charge in [0.1, 0.15) is 16.4 Å². The number of aryl methyl sites for hydroxylation is 1. The number of nitriles is 1. The Bertz CT molecular complexity index is 1060. The molecule has 0 spiro atoms. The number of H-pyrrole nitrogens is 1. The van der Waals surface area contributed by atoms with Crippen LogP contribution in [0.4, 0.5) is 0 Å². The lowest BCUT2D eigenvalue weighted by Gasteiger charge is -2.26. The number of hydrogen-bond acceptors (Lipinski definition) is 6. The van der Waals surface area contributed by atoms with E-state index in [1.165, 1.54) is 10.4 Å². The number of hydrogen-bond donors (Lipinski definition) is 1. The van der Waals surface area contributed by atoms with E-state index in [0.29, 0.717) is 31.3 Å². The second kappa shape index (κ2) is 7.90. The minimum Gasteiger partial charge on any atom is -0.468 e. The van der Waals surface area contributed by atoms with Gasteiger partial charge in [0, 0.05) is 17.8 Å². The van der Waals surface area contributed by atoms with Crippen molar-refractivity contribution in [1.82, 2.24) is 14.9 Å². The van der Waals surface area contributed by atoms with E-state index in [9.17, 15) is 4.79 Å². The molecule has 0 saturated carbocycles. The molecule has 3 heterocycles. The Kier molecular flexibility index (Phi) is 5.33. The van der Waals surface area contributed by atoms with Gasteiger partial charge in [0.2, 0.25) is 0 Å². The fourth-order valence-corrected chi connectivity index (χ4v) is 5.33. The Balaban J connectivity index is 1.68. The highest BCUT2D eigenvalue weighted by Gasteiger charge is 2.25. The molecule has 0 amide bonds. The van der Waals surface area contributed by atoms with Crippen LogP contribution in [0.2, 0.25) is 0 Å². The Labute approximate surface area is 167 Å². The van der Waals surface area contributed by atoms with Crippen LogP contribution < -0.4 is 5.56 Å². The summed E-state index contributed by atoms with van der Waals surface area (Å²) in [4.78, 5) is 25.0. The highest BCUT2D eigenvalue weighted by Crippen LogP contribution is 2.36. The quantitative estimate of drug-likeness (QED) is 0.675. The van der Waals surface area contributed by atoms with E-state index in [2.05, 4.69) is 22.9 Å². The van der Waals surface area contributed by atoms with Crippen molar-refractivity contribution in [3.63, 3.8) is 0 Å². The minimum atomic E-state index is -0.131. The summed E-state index contributed by atoms with van der Waals surface area (Å²) in [6, 6.07) is 5.84. The van der Waals surface area contributed by atoms with Crippen molar-refractivity contribution in [3.8, 4) is 6.07 Å². The Morgan fingerprint density at radius 1 is 1.54 bits per heavy atom. The number of aromatic amines is 1. The van der Waals surface area contributed by atoms with E-state index in [-0.39, 0.29) is 11.6 Å². The van der Waals surface area contributed by atoms with Crippen LogP contribution in [0.25, 0.3) is 10.2 Å². The van der Waals surface area contributed by atoms with Gasteiger partial charge in [-0.2, -0.15) is 5.26 Å². The fraction of sp³-hybridized carbons (Fsp3) is 0.476. The minimum absolute atomic E-state index is 0.0443. The standard InChI is InChI=1S/C21H24N4O2S/c1-13-6-7-16-17(11-13)28-21-18(16)20(26)23-19(24-21)14(2)25(9-4-8-22)12-15-5-3-10-27-15/h3,5,10,13-14H,4,6-7,9,11-12H2,1-2H3,(H,23,24,26). The highest BCUT2D eigenvalue weighted by atomic mass is 32.1. The maximum atomic E-state index is 12.9. The van der Waals surface area contributed by atoms with E-state index in [0.717, 1.165) is 35.2 Å². The molecule has 0 radical (unpaired) electrons. The van der Waals surface area contributed by atoms with Crippen LogP contribution in [0.5, 0.6) is 0 Å². The van der Waals surface area contributed by atoms with Gasteiger partial charge in [-0.1, -0.05) is 6.92 Å². The first-order valence-corrected chi connectivity index (χ1v) is 10.6. The van der Waals surface area contributed by atoms with Gasteiger partial charge in [-0.15, -0.1) is 11.3 Å². The van der Waals surface area contributed by atoms with Crippen LogP contribution in [-0.2, 0) is 19.4 Å². The van der Waals surface area contributed by atoms with Gasteiger partial charge in [-0.3, -0.25) is 9.69 Å². The Hall–Kier alpha value is -2.43. The van der Waals surface area contributed by atoms with Gasteiger partial charge >= 0.3 is 0 Å². The zero-order chi connectivity index (χ0) is 19.7. The van der Waals surface area contributed by atoms with E-state index in [1.54, 1.807) is 17.6 Å². The second-order valence-electron chi connectivity index (χ2n) is 7.62. The van der Waals surface area contributed by atoms with Gasteiger partial charge < -0.3 is 9.40 Å². The maximum Gasteiger partial charge on any atom is 0.259 e. The molecule has 0 aliphatic heterocycles. The molecular weight excluding hydrogens is 372 g/mol. The smallest absolute Gasteiger partial charge is 0.259 e. The number of fused-ring (bicyclic) bond motifs is 3. The molecule has 4 rings (SSSR count). The SMILES string of the molecule is CC1CCc2c(sc3nc(C(C)N(CCC#N)Cc4ccco4)[nH]c(=O)c23)C1. The van der Waals surface area contributed by atoms with Crippen molar-refractivity contribution in [1.29, 1.82) is 5.26 Å². The molecule has 28 heavy (non-hydrogen) atoms. The van der Waals surface area contributed by atoms with Crippen LogP contribution >= 0.6 is 11.3 Å². The molecular formula is C21H24N4O2S. The first kappa shape index (κ1) is 18.9. The topological polar surface area (TPSA) is 85.9 Å². The molecule has 6 nitrogen and oxygen atoms in total. The number of furan rings is 1. The molecule has 0 bridgehead atoms. The van der Waals surface area contributed by atoms with Gasteiger partial charge in [-0.05, 0) is 49.8 Å². The summed E-state index contributed by atoms with van der Waals surface area (Å²) in [5.41, 5.74) is 1.15. The van der Waals surface area contributed by atoms with Crippen molar-refractivity contribution in [3.05, 3.63) is 50.8 Å². The summed E-state index contributed by atoms with van der Waals surface area (Å²) >= 11 is 1.66. The summed E-state index contributed by atoms with van der Waals surface area (Å²) in [6.07, 6.45) is 5.17. The molecule has 0 aromatic carbocycles. The fourth-order valence-electron chi connectivity index (χ4n) is 3.94. The molecule has 0 fully saturated rings. The zero-order valence-electron chi connectivity index (χ0n) is 16.2. The number of nitrogens with zero attached hydrogens (tertiary/aromatic N) is 3. The van der Waals surface area contributed by atoms with E-state index in [4.69, 9.17) is 14.7 Å². The Morgan fingerprint density at radius 3 is 3.14 bits per heavy atom. The van der Waals surface area contributed by atoms with Crippen molar-refractivity contribution in [2.24, 2.45) is 5.92 Å². The molecule has 146 valence electrons. The van der Waals surface area contributed by atoms with Crippen molar-refractivity contribution in [2.45, 2.75) is 52.1 Å². The van der Waals surface area contributed by atoms with Gasteiger partial charge in [-0.25, -0.2) is 4.98 Å². The average molecular weight is 397 g/mol. The molecule has 1 aliphatic rings. The first-order chi connectivity index (χ1) is 13.6. The van der Waals surface area contributed by atoms with Crippen LogP contribution in [0, 0.1) is 17.2 Å². The Morgan fingerprint density at radius 2 is 2.39 bits per heavy atom. The lowest BCUT2D eigenvalue weighted by molar-refractivity contribution is 0.183. The molecule has 1 N–H and O–H groups in total. The van der Waals surface area contributed by atoms with Gasteiger partial charge in [0.25, 0.3) is 5.56 Å². The van der Waals surface area contributed by atoms with E-state index in [1.807, 2.05) is 19.1 Å². The van der Waals surface area contributed by atoms with Crippen LogP contribution in [-0.4, -0.2) is 21.4 Å². The first-order valence-electron chi connectivity index (χ1n) is 9.74. The van der Waals surface area contributed by atoms with Crippen LogP contribution in [0.3, 0.4) is 0 Å². The molecule has 3 aromatic rings. The molecule has 1 aliphatic carbocycles. The lowest BCUT2D eigenvalue weighted by Crippen LogP contribution is -2.30. The highest BCUT2D eigenvalue weighted by molar-refractivity contribution is 7.18. The molecule has 2 atom stereocenters. The molecule has 2 unspecified atom stereocenters. The largest absolute Gasteiger partial charge is 0.468 e. The molecule has 7 heteroatoms. The lowest BCUT2D eigenvalue weighted by atomic mass is 9.89. The number of aromatic nitrogens is 2. The summed E-state index contributed by atoms with van der Waals surface area (Å²) in [5, 5.41) is 9.80. The second-order valence-corrected chi connectivity index (χ2v) is 8.70. The predicted molar refractivity (Wildman–Crippen MR) is 109 cm³/mol.